The SMILES string of the molecule is COc1ncc(F)cc1Nc1ncc2[nH]c(=O)n(C3CCOCC3)c2n1. The molecule has 0 radical (unpaired) electrons. The summed E-state index contributed by atoms with van der Waals surface area (Å²) in [6.07, 6.45) is 4.05. The van der Waals surface area contributed by atoms with Crippen molar-refractivity contribution in [2.45, 2.75) is 18.9 Å². The Morgan fingerprint density at radius 1 is 1.35 bits per heavy atom. The Morgan fingerprint density at radius 2 is 2.15 bits per heavy atom. The van der Waals surface area contributed by atoms with E-state index in [1.165, 1.54) is 19.4 Å². The summed E-state index contributed by atoms with van der Waals surface area (Å²) in [6, 6.07) is 1.25. The first-order valence-corrected chi connectivity index (χ1v) is 8.17. The third-order valence-electron chi connectivity index (χ3n) is 4.27. The van der Waals surface area contributed by atoms with Gasteiger partial charge in [0.2, 0.25) is 11.8 Å². The zero-order valence-electron chi connectivity index (χ0n) is 14.0. The smallest absolute Gasteiger partial charge is 0.327 e. The van der Waals surface area contributed by atoms with Crippen LogP contribution in [0.1, 0.15) is 18.9 Å². The monoisotopic (exact) mass is 360 g/mol. The molecule has 1 fully saturated rings. The molecule has 4 rings (SSSR count). The van der Waals surface area contributed by atoms with E-state index in [1.807, 2.05) is 0 Å². The first kappa shape index (κ1) is 16.5. The summed E-state index contributed by atoms with van der Waals surface area (Å²) in [4.78, 5) is 27.6. The Bertz CT molecular complexity index is 995. The fourth-order valence-electron chi connectivity index (χ4n) is 3.06. The molecule has 0 saturated carbocycles. The molecule has 0 atom stereocenters. The quantitative estimate of drug-likeness (QED) is 0.730. The number of anilines is 2. The average molecular weight is 360 g/mol. The van der Waals surface area contributed by atoms with Crippen molar-refractivity contribution in [3.63, 3.8) is 0 Å². The molecule has 26 heavy (non-hydrogen) atoms. The summed E-state index contributed by atoms with van der Waals surface area (Å²) in [5, 5.41) is 2.89. The molecule has 10 heteroatoms. The van der Waals surface area contributed by atoms with Crippen LogP contribution in [0, 0.1) is 5.82 Å². The highest BCUT2D eigenvalue weighted by Gasteiger charge is 2.21. The van der Waals surface area contributed by atoms with E-state index in [2.05, 4.69) is 25.3 Å². The van der Waals surface area contributed by atoms with Crippen LogP contribution in [0.25, 0.3) is 11.2 Å². The first-order valence-electron chi connectivity index (χ1n) is 8.17. The van der Waals surface area contributed by atoms with Gasteiger partial charge in [0.1, 0.15) is 17.0 Å². The molecule has 1 saturated heterocycles. The molecule has 0 aromatic carbocycles. The highest BCUT2D eigenvalue weighted by Crippen LogP contribution is 2.26. The molecular weight excluding hydrogens is 343 g/mol. The Morgan fingerprint density at radius 3 is 2.92 bits per heavy atom. The normalized spacial score (nSPS) is 15.3. The van der Waals surface area contributed by atoms with Crippen molar-refractivity contribution >= 4 is 22.8 Å². The predicted octanol–water partition coefficient (Wildman–Crippen LogP) is 1.76. The van der Waals surface area contributed by atoms with Crippen molar-refractivity contribution in [1.82, 2.24) is 24.5 Å². The largest absolute Gasteiger partial charge is 0.480 e. The van der Waals surface area contributed by atoms with E-state index in [-0.39, 0.29) is 23.6 Å². The van der Waals surface area contributed by atoms with E-state index in [1.54, 1.807) is 4.57 Å². The molecule has 3 aromatic rings. The van der Waals surface area contributed by atoms with E-state index in [0.717, 1.165) is 19.0 Å². The van der Waals surface area contributed by atoms with Gasteiger partial charge >= 0.3 is 5.69 Å². The van der Waals surface area contributed by atoms with Gasteiger partial charge in [0, 0.05) is 25.3 Å². The van der Waals surface area contributed by atoms with Gasteiger partial charge in [-0.25, -0.2) is 19.2 Å². The number of H-pyrrole nitrogens is 1. The molecule has 0 bridgehead atoms. The zero-order valence-corrected chi connectivity index (χ0v) is 14.0. The van der Waals surface area contributed by atoms with Crippen LogP contribution < -0.4 is 15.7 Å². The van der Waals surface area contributed by atoms with Crippen molar-refractivity contribution in [3.8, 4) is 5.88 Å². The number of nitrogens with one attached hydrogen (secondary N) is 2. The number of fused-ring (bicyclic) bond motifs is 1. The second-order valence-electron chi connectivity index (χ2n) is 5.91. The fourth-order valence-corrected chi connectivity index (χ4v) is 3.06. The third kappa shape index (κ3) is 2.99. The van der Waals surface area contributed by atoms with E-state index in [4.69, 9.17) is 9.47 Å². The number of rotatable bonds is 4. The first-order chi connectivity index (χ1) is 12.7. The molecule has 136 valence electrons. The molecule has 1 aliphatic heterocycles. The lowest BCUT2D eigenvalue weighted by atomic mass is 10.1. The Labute approximate surface area is 147 Å². The van der Waals surface area contributed by atoms with E-state index in [9.17, 15) is 9.18 Å². The summed E-state index contributed by atoms with van der Waals surface area (Å²) in [6.45, 7) is 1.21. The number of pyridine rings is 1. The molecule has 4 heterocycles. The van der Waals surface area contributed by atoms with Crippen LogP contribution in [0.3, 0.4) is 0 Å². The van der Waals surface area contributed by atoms with Crippen LogP contribution >= 0.6 is 0 Å². The maximum absolute atomic E-state index is 13.5. The summed E-state index contributed by atoms with van der Waals surface area (Å²) >= 11 is 0. The van der Waals surface area contributed by atoms with E-state index < -0.39 is 5.82 Å². The minimum absolute atomic E-state index is 0.0122. The number of ether oxygens (including phenoxy) is 2. The molecule has 1 aliphatic rings. The molecule has 9 nitrogen and oxygen atoms in total. The number of hydrogen-bond acceptors (Lipinski definition) is 7. The van der Waals surface area contributed by atoms with Gasteiger partial charge in [-0.1, -0.05) is 0 Å². The summed E-state index contributed by atoms with van der Waals surface area (Å²) in [5.41, 5.74) is 1.09. The van der Waals surface area contributed by atoms with E-state index in [0.29, 0.717) is 30.1 Å². The molecule has 2 N–H and O–H groups in total. The summed E-state index contributed by atoms with van der Waals surface area (Å²) in [7, 11) is 1.43. The standard InChI is InChI=1S/C16H17FN6O3/c1-25-14-11(6-9(17)7-18-14)20-15-19-8-12-13(22-15)23(16(24)21-12)10-2-4-26-5-3-10/h6-8,10H,2-5H2,1H3,(H,21,24)(H,19,20,22). The van der Waals surface area contributed by atoms with Crippen LogP contribution in [0.4, 0.5) is 16.0 Å². The Hall–Kier alpha value is -3.01. The Kier molecular flexibility index (Phi) is 4.25. The van der Waals surface area contributed by atoms with Gasteiger partial charge in [0.25, 0.3) is 0 Å². The van der Waals surface area contributed by atoms with Crippen molar-refractivity contribution in [3.05, 3.63) is 34.8 Å². The zero-order chi connectivity index (χ0) is 18.1. The number of hydrogen-bond donors (Lipinski definition) is 2. The highest BCUT2D eigenvalue weighted by molar-refractivity contribution is 5.72. The fraction of sp³-hybridized carbons (Fsp3) is 0.375. The van der Waals surface area contributed by atoms with Crippen LogP contribution in [0.5, 0.6) is 5.88 Å². The van der Waals surface area contributed by atoms with Crippen molar-refractivity contribution in [2.75, 3.05) is 25.6 Å². The lowest BCUT2D eigenvalue weighted by molar-refractivity contribution is 0.0697. The second kappa shape index (κ2) is 6.71. The molecule has 3 aromatic heterocycles. The number of aromatic nitrogens is 5. The van der Waals surface area contributed by atoms with Crippen LogP contribution in [0.15, 0.2) is 23.3 Å². The maximum Gasteiger partial charge on any atom is 0.327 e. The van der Waals surface area contributed by atoms with Crippen LogP contribution in [-0.2, 0) is 4.74 Å². The predicted molar refractivity (Wildman–Crippen MR) is 91.3 cm³/mol. The average Bonchev–Trinajstić information content (AvgIpc) is 2.98. The van der Waals surface area contributed by atoms with Crippen LogP contribution in [0.2, 0.25) is 0 Å². The minimum atomic E-state index is -0.518. The molecule has 0 aliphatic carbocycles. The van der Waals surface area contributed by atoms with Gasteiger partial charge in [0.05, 0.1) is 19.5 Å². The molecule has 0 amide bonds. The highest BCUT2D eigenvalue weighted by atomic mass is 19.1. The van der Waals surface area contributed by atoms with Gasteiger partial charge in [0.15, 0.2) is 5.65 Å². The number of halogens is 1. The van der Waals surface area contributed by atoms with Crippen molar-refractivity contribution in [2.24, 2.45) is 0 Å². The number of imidazole rings is 1. The van der Waals surface area contributed by atoms with Gasteiger partial charge in [-0.3, -0.25) is 4.57 Å². The van der Waals surface area contributed by atoms with Crippen molar-refractivity contribution in [1.29, 1.82) is 0 Å². The third-order valence-corrected chi connectivity index (χ3v) is 4.27. The summed E-state index contributed by atoms with van der Waals surface area (Å²) in [5.74, 6) is -0.0934. The molecular formula is C16H17FN6O3. The minimum Gasteiger partial charge on any atom is -0.480 e. The number of nitrogens with zero attached hydrogens (tertiary/aromatic N) is 4. The topological polar surface area (TPSA) is 107 Å². The van der Waals surface area contributed by atoms with Gasteiger partial charge in [-0.05, 0) is 12.8 Å². The molecule has 0 spiro atoms. The van der Waals surface area contributed by atoms with Gasteiger partial charge < -0.3 is 19.8 Å². The number of aromatic amines is 1. The van der Waals surface area contributed by atoms with Gasteiger partial charge in [-0.15, -0.1) is 0 Å². The lowest BCUT2D eigenvalue weighted by Crippen LogP contribution is -2.27. The van der Waals surface area contributed by atoms with E-state index >= 15 is 0 Å². The maximum atomic E-state index is 13.5. The summed E-state index contributed by atoms with van der Waals surface area (Å²) < 4.78 is 25.6. The number of methoxy groups -OCH3 is 1. The van der Waals surface area contributed by atoms with Gasteiger partial charge in [-0.2, -0.15) is 4.98 Å². The Balaban J connectivity index is 1.73. The van der Waals surface area contributed by atoms with Crippen molar-refractivity contribution < 1.29 is 13.9 Å². The lowest BCUT2D eigenvalue weighted by Gasteiger charge is -2.22. The van der Waals surface area contributed by atoms with Crippen LogP contribution in [-0.4, -0.2) is 44.8 Å². The molecule has 0 unspecified atom stereocenters. The second-order valence-corrected chi connectivity index (χ2v) is 5.91.